The number of aliphatic imine (C=N–C) groups is 1. The minimum atomic E-state index is 0.113. The Labute approximate surface area is 177 Å². The first-order valence-electron chi connectivity index (χ1n) is 11.7. The lowest BCUT2D eigenvalue weighted by Crippen LogP contribution is -2.54. The van der Waals surface area contributed by atoms with Crippen molar-refractivity contribution in [1.29, 1.82) is 0 Å². The van der Waals surface area contributed by atoms with Crippen molar-refractivity contribution in [1.82, 2.24) is 20.4 Å². The molecular formula is C22H43N5O2. The first kappa shape index (κ1) is 23.9. The second kappa shape index (κ2) is 13.8. The second-order valence-corrected chi connectivity index (χ2v) is 8.65. The first-order valence-corrected chi connectivity index (χ1v) is 11.7. The van der Waals surface area contributed by atoms with Crippen molar-refractivity contribution in [3.8, 4) is 0 Å². The smallest absolute Gasteiger partial charge is 0.234 e. The Hall–Kier alpha value is -1.34. The molecule has 1 amide bonds. The van der Waals surface area contributed by atoms with Gasteiger partial charge in [-0.2, -0.15) is 0 Å². The lowest BCUT2D eigenvalue weighted by Gasteiger charge is -2.36. The molecule has 7 heteroatoms. The Morgan fingerprint density at radius 3 is 2.38 bits per heavy atom. The van der Waals surface area contributed by atoms with Crippen LogP contribution in [0.4, 0.5) is 0 Å². The fourth-order valence-corrected chi connectivity index (χ4v) is 4.11. The number of hydrogen-bond acceptors (Lipinski definition) is 4. The zero-order chi connectivity index (χ0) is 20.9. The number of hydrogen-bond donors (Lipinski definition) is 2. The van der Waals surface area contributed by atoms with E-state index in [9.17, 15) is 4.79 Å². The minimum absolute atomic E-state index is 0.113. The van der Waals surface area contributed by atoms with E-state index in [0.717, 1.165) is 58.1 Å². The molecular weight excluding hydrogens is 366 g/mol. The Morgan fingerprint density at radius 2 is 1.76 bits per heavy atom. The Kier molecular flexibility index (Phi) is 11.4. The quantitative estimate of drug-likeness (QED) is 0.264. The highest BCUT2D eigenvalue weighted by molar-refractivity contribution is 5.80. The molecule has 2 N–H and O–H groups in total. The van der Waals surface area contributed by atoms with Gasteiger partial charge in [-0.05, 0) is 39.5 Å². The molecule has 0 bridgehead atoms. The number of carbonyl (C=O) groups excluding carboxylic acids is 1. The van der Waals surface area contributed by atoms with Crippen molar-refractivity contribution in [3.63, 3.8) is 0 Å². The minimum Gasteiger partial charge on any atom is -0.378 e. The third kappa shape index (κ3) is 9.81. The topological polar surface area (TPSA) is 69.2 Å². The molecule has 1 aliphatic heterocycles. The lowest BCUT2D eigenvalue weighted by molar-refractivity contribution is -0.123. The molecule has 1 saturated carbocycles. The predicted octanol–water partition coefficient (Wildman–Crippen LogP) is 2.22. The molecule has 1 aliphatic carbocycles. The number of amides is 1. The second-order valence-electron chi connectivity index (χ2n) is 8.65. The standard InChI is InChI=1S/C22H43N5O2/c1-19(2)25-21(28)18-26-13-15-27(16-14-26)22(23-3)24-12-8-9-17-29-20-10-6-4-5-7-11-20/h19-20H,4-18H2,1-3H3,(H,23,24)(H,25,28). The summed E-state index contributed by atoms with van der Waals surface area (Å²) >= 11 is 0. The van der Waals surface area contributed by atoms with Crippen molar-refractivity contribution < 1.29 is 9.53 Å². The monoisotopic (exact) mass is 409 g/mol. The normalized spacial score (nSPS) is 20.0. The summed E-state index contributed by atoms with van der Waals surface area (Å²) in [6, 6.07) is 0.199. The van der Waals surface area contributed by atoms with Crippen LogP contribution in [-0.2, 0) is 9.53 Å². The van der Waals surface area contributed by atoms with Gasteiger partial charge in [0.2, 0.25) is 5.91 Å². The van der Waals surface area contributed by atoms with E-state index >= 15 is 0 Å². The van der Waals surface area contributed by atoms with Crippen LogP contribution in [0, 0.1) is 0 Å². The van der Waals surface area contributed by atoms with Gasteiger partial charge in [-0.3, -0.25) is 14.7 Å². The number of ether oxygens (including phenoxy) is 1. The maximum absolute atomic E-state index is 11.9. The summed E-state index contributed by atoms with van der Waals surface area (Å²) in [4.78, 5) is 20.9. The zero-order valence-electron chi connectivity index (χ0n) is 18.9. The summed E-state index contributed by atoms with van der Waals surface area (Å²) in [5.41, 5.74) is 0. The average molecular weight is 410 g/mol. The summed E-state index contributed by atoms with van der Waals surface area (Å²) in [5.74, 6) is 1.09. The van der Waals surface area contributed by atoms with E-state index in [2.05, 4.69) is 25.4 Å². The van der Waals surface area contributed by atoms with Crippen LogP contribution in [0.5, 0.6) is 0 Å². The maximum atomic E-state index is 11.9. The maximum Gasteiger partial charge on any atom is 0.234 e. The molecule has 0 aromatic carbocycles. The van der Waals surface area contributed by atoms with Gasteiger partial charge in [0.15, 0.2) is 5.96 Å². The molecule has 2 fully saturated rings. The number of guanidine groups is 1. The van der Waals surface area contributed by atoms with Crippen LogP contribution in [-0.4, -0.2) is 86.7 Å². The molecule has 168 valence electrons. The van der Waals surface area contributed by atoms with Crippen LogP contribution in [0.2, 0.25) is 0 Å². The fourth-order valence-electron chi connectivity index (χ4n) is 4.11. The van der Waals surface area contributed by atoms with Gasteiger partial charge < -0.3 is 20.3 Å². The molecule has 0 aromatic rings. The van der Waals surface area contributed by atoms with Crippen LogP contribution in [0.15, 0.2) is 4.99 Å². The molecule has 7 nitrogen and oxygen atoms in total. The number of nitrogens with zero attached hydrogens (tertiary/aromatic N) is 3. The van der Waals surface area contributed by atoms with Crippen molar-refractivity contribution in [2.24, 2.45) is 4.99 Å². The predicted molar refractivity (Wildman–Crippen MR) is 119 cm³/mol. The molecule has 0 spiro atoms. The van der Waals surface area contributed by atoms with E-state index in [4.69, 9.17) is 4.74 Å². The molecule has 2 rings (SSSR count). The Balaban J connectivity index is 1.55. The highest BCUT2D eigenvalue weighted by Gasteiger charge is 2.21. The zero-order valence-corrected chi connectivity index (χ0v) is 18.9. The van der Waals surface area contributed by atoms with Gasteiger partial charge in [0.25, 0.3) is 0 Å². The largest absolute Gasteiger partial charge is 0.378 e. The van der Waals surface area contributed by atoms with Gasteiger partial charge in [-0.1, -0.05) is 25.7 Å². The average Bonchev–Trinajstić information content (AvgIpc) is 2.96. The fraction of sp³-hybridized carbons (Fsp3) is 0.909. The van der Waals surface area contributed by atoms with Crippen LogP contribution >= 0.6 is 0 Å². The van der Waals surface area contributed by atoms with Crippen LogP contribution < -0.4 is 10.6 Å². The van der Waals surface area contributed by atoms with Crippen LogP contribution in [0.3, 0.4) is 0 Å². The van der Waals surface area contributed by atoms with E-state index in [1.165, 1.54) is 38.5 Å². The van der Waals surface area contributed by atoms with Gasteiger partial charge in [0.05, 0.1) is 12.6 Å². The molecule has 0 unspecified atom stereocenters. The number of nitrogens with one attached hydrogen (secondary N) is 2. The van der Waals surface area contributed by atoms with E-state index in [-0.39, 0.29) is 11.9 Å². The SMILES string of the molecule is CN=C(NCCCCOC1CCCCCC1)N1CCN(CC(=O)NC(C)C)CC1. The van der Waals surface area contributed by atoms with Crippen molar-refractivity contribution in [3.05, 3.63) is 0 Å². The lowest BCUT2D eigenvalue weighted by atomic mass is 10.1. The van der Waals surface area contributed by atoms with Crippen LogP contribution in [0.25, 0.3) is 0 Å². The Bertz CT molecular complexity index is 482. The van der Waals surface area contributed by atoms with E-state index in [1.807, 2.05) is 20.9 Å². The molecule has 2 aliphatic rings. The van der Waals surface area contributed by atoms with Crippen molar-refractivity contribution in [2.75, 3.05) is 52.9 Å². The summed E-state index contributed by atoms with van der Waals surface area (Å²) < 4.78 is 6.07. The molecule has 1 saturated heterocycles. The number of unbranched alkanes of at least 4 members (excludes halogenated alkanes) is 1. The van der Waals surface area contributed by atoms with Gasteiger partial charge in [0, 0.05) is 52.4 Å². The van der Waals surface area contributed by atoms with Crippen LogP contribution in [0.1, 0.15) is 65.2 Å². The molecule has 0 radical (unpaired) electrons. The molecule has 1 heterocycles. The first-order chi connectivity index (χ1) is 14.1. The molecule has 0 atom stereocenters. The van der Waals surface area contributed by atoms with Gasteiger partial charge in [-0.15, -0.1) is 0 Å². The number of rotatable bonds is 9. The highest BCUT2D eigenvalue weighted by atomic mass is 16.5. The summed E-state index contributed by atoms with van der Waals surface area (Å²) in [7, 11) is 1.85. The Morgan fingerprint density at radius 1 is 1.07 bits per heavy atom. The van der Waals surface area contributed by atoms with E-state index < -0.39 is 0 Å². The highest BCUT2D eigenvalue weighted by Crippen LogP contribution is 2.19. The summed E-state index contributed by atoms with van der Waals surface area (Å²) in [5, 5.41) is 6.46. The van der Waals surface area contributed by atoms with Gasteiger partial charge in [-0.25, -0.2) is 0 Å². The summed E-state index contributed by atoms with van der Waals surface area (Å²) in [6.07, 6.45) is 10.6. The molecule has 29 heavy (non-hydrogen) atoms. The third-order valence-corrected chi connectivity index (χ3v) is 5.71. The van der Waals surface area contributed by atoms with E-state index in [1.54, 1.807) is 0 Å². The molecule has 0 aromatic heterocycles. The van der Waals surface area contributed by atoms with Gasteiger partial charge >= 0.3 is 0 Å². The van der Waals surface area contributed by atoms with Crippen molar-refractivity contribution in [2.45, 2.75) is 77.4 Å². The number of piperazine rings is 1. The third-order valence-electron chi connectivity index (χ3n) is 5.71. The van der Waals surface area contributed by atoms with Gasteiger partial charge in [0.1, 0.15) is 0 Å². The van der Waals surface area contributed by atoms with Crippen molar-refractivity contribution >= 4 is 11.9 Å². The summed E-state index contributed by atoms with van der Waals surface area (Å²) in [6.45, 7) is 9.87. The number of carbonyl (C=O) groups is 1. The van der Waals surface area contributed by atoms with E-state index in [0.29, 0.717) is 12.6 Å².